The van der Waals surface area contributed by atoms with Gasteiger partial charge < -0.3 is 9.64 Å². The van der Waals surface area contributed by atoms with Gasteiger partial charge in [-0.25, -0.2) is 0 Å². The van der Waals surface area contributed by atoms with Crippen LogP contribution in [0.4, 0.5) is 0 Å². The molecule has 0 radical (unpaired) electrons. The summed E-state index contributed by atoms with van der Waals surface area (Å²) >= 11 is 5.59. The van der Waals surface area contributed by atoms with Crippen LogP contribution in [0.25, 0.3) is 0 Å². The van der Waals surface area contributed by atoms with E-state index in [1.165, 1.54) is 0 Å². The second kappa shape index (κ2) is 6.44. The van der Waals surface area contributed by atoms with E-state index in [9.17, 15) is 4.79 Å². The molecule has 0 aliphatic heterocycles. The summed E-state index contributed by atoms with van der Waals surface area (Å²) in [6.07, 6.45) is 0. The fourth-order valence-electron chi connectivity index (χ4n) is 1.04. The predicted molar refractivity (Wildman–Crippen MR) is 75.7 cm³/mol. The van der Waals surface area contributed by atoms with Gasteiger partial charge >= 0.3 is 0 Å². The molecule has 3 nitrogen and oxygen atoms in total. The normalized spacial score (nSPS) is 10.0. The Bertz CT molecular complexity index is 364. The number of hydrogen-bond acceptors (Lipinski definition) is 2. The predicted octanol–water partition coefficient (Wildman–Crippen LogP) is 2.91. The van der Waals surface area contributed by atoms with Gasteiger partial charge in [-0.2, -0.15) is 0 Å². The molecule has 0 atom stereocenters. The average Bonchev–Trinajstić information content (AvgIpc) is 2.23. The average molecular weight is 398 g/mol. The van der Waals surface area contributed by atoms with Gasteiger partial charge in [0.1, 0.15) is 5.75 Å². The van der Waals surface area contributed by atoms with Crippen molar-refractivity contribution in [1.82, 2.24) is 4.90 Å². The SMILES string of the molecule is CCN(C)C(=O)COc1cc(Br)cc(I)c1. The van der Waals surface area contributed by atoms with E-state index in [0.717, 1.165) is 8.04 Å². The Morgan fingerprint density at radius 1 is 1.50 bits per heavy atom. The van der Waals surface area contributed by atoms with Gasteiger partial charge in [0.2, 0.25) is 0 Å². The Balaban J connectivity index is 2.58. The van der Waals surface area contributed by atoms with Crippen LogP contribution in [0.3, 0.4) is 0 Å². The van der Waals surface area contributed by atoms with Gasteiger partial charge in [-0.15, -0.1) is 0 Å². The summed E-state index contributed by atoms with van der Waals surface area (Å²) in [7, 11) is 1.76. The van der Waals surface area contributed by atoms with E-state index in [0.29, 0.717) is 12.3 Å². The summed E-state index contributed by atoms with van der Waals surface area (Å²) in [5.41, 5.74) is 0. The number of benzene rings is 1. The molecule has 0 N–H and O–H groups in total. The van der Waals surface area contributed by atoms with Crippen molar-refractivity contribution in [2.75, 3.05) is 20.2 Å². The number of halogens is 2. The maximum atomic E-state index is 11.5. The van der Waals surface area contributed by atoms with Gasteiger partial charge in [0.25, 0.3) is 5.91 Å². The molecule has 0 aliphatic rings. The van der Waals surface area contributed by atoms with Gasteiger partial charge in [0, 0.05) is 21.6 Å². The summed E-state index contributed by atoms with van der Waals surface area (Å²) in [5, 5.41) is 0. The Morgan fingerprint density at radius 2 is 2.19 bits per heavy atom. The number of amides is 1. The number of carbonyl (C=O) groups excluding carboxylic acids is 1. The van der Waals surface area contributed by atoms with E-state index < -0.39 is 0 Å². The van der Waals surface area contributed by atoms with Crippen molar-refractivity contribution < 1.29 is 9.53 Å². The van der Waals surface area contributed by atoms with Gasteiger partial charge in [-0.3, -0.25) is 4.79 Å². The van der Waals surface area contributed by atoms with Gasteiger partial charge in [-0.05, 0) is 47.7 Å². The van der Waals surface area contributed by atoms with Gasteiger partial charge in [0.15, 0.2) is 6.61 Å². The summed E-state index contributed by atoms with van der Waals surface area (Å²) in [6, 6.07) is 5.72. The van der Waals surface area contributed by atoms with Crippen LogP contribution in [0, 0.1) is 3.57 Å². The molecule has 0 unspecified atom stereocenters. The highest BCUT2D eigenvalue weighted by atomic mass is 127. The Kier molecular flexibility index (Phi) is 5.54. The van der Waals surface area contributed by atoms with Crippen LogP contribution in [-0.2, 0) is 4.79 Å². The topological polar surface area (TPSA) is 29.5 Å². The molecular formula is C11H13BrINO2. The van der Waals surface area contributed by atoms with Gasteiger partial charge in [-0.1, -0.05) is 15.9 Å². The number of carbonyl (C=O) groups is 1. The first kappa shape index (κ1) is 13.8. The van der Waals surface area contributed by atoms with Crippen molar-refractivity contribution in [1.29, 1.82) is 0 Å². The molecule has 0 saturated carbocycles. The second-order valence-electron chi connectivity index (χ2n) is 3.30. The fraction of sp³-hybridized carbons (Fsp3) is 0.364. The molecule has 0 aromatic heterocycles. The maximum Gasteiger partial charge on any atom is 0.260 e. The molecule has 0 fully saturated rings. The molecular weight excluding hydrogens is 385 g/mol. The van der Waals surface area contributed by atoms with E-state index in [1.54, 1.807) is 11.9 Å². The summed E-state index contributed by atoms with van der Waals surface area (Å²) < 4.78 is 7.44. The minimum Gasteiger partial charge on any atom is -0.484 e. The molecule has 0 aliphatic carbocycles. The lowest BCUT2D eigenvalue weighted by atomic mass is 10.3. The molecule has 5 heteroatoms. The highest BCUT2D eigenvalue weighted by Gasteiger charge is 2.07. The van der Waals surface area contributed by atoms with Crippen LogP contribution in [-0.4, -0.2) is 31.0 Å². The first-order chi connectivity index (χ1) is 7.52. The maximum absolute atomic E-state index is 11.5. The molecule has 88 valence electrons. The first-order valence-corrected chi connectivity index (χ1v) is 6.73. The monoisotopic (exact) mass is 397 g/mol. The van der Waals surface area contributed by atoms with Crippen molar-refractivity contribution in [3.05, 3.63) is 26.2 Å². The summed E-state index contributed by atoms with van der Waals surface area (Å²) in [6.45, 7) is 2.70. The molecule has 0 bridgehead atoms. The largest absolute Gasteiger partial charge is 0.484 e. The van der Waals surface area contributed by atoms with E-state index in [4.69, 9.17) is 4.74 Å². The fourth-order valence-corrected chi connectivity index (χ4v) is 2.59. The number of nitrogens with zero attached hydrogens (tertiary/aromatic N) is 1. The van der Waals surface area contributed by atoms with E-state index >= 15 is 0 Å². The minimum absolute atomic E-state index is 0.0162. The summed E-state index contributed by atoms with van der Waals surface area (Å²) in [4.78, 5) is 13.1. The van der Waals surface area contributed by atoms with Crippen LogP contribution >= 0.6 is 38.5 Å². The lowest BCUT2D eigenvalue weighted by Gasteiger charge is -2.15. The zero-order valence-electron chi connectivity index (χ0n) is 9.17. The molecule has 16 heavy (non-hydrogen) atoms. The van der Waals surface area contributed by atoms with E-state index in [1.807, 2.05) is 25.1 Å². The smallest absolute Gasteiger partial charge is 0.260 e. The number of hydrogen-bond donors (Lipinski definition) is 0. The molecule has 0 spiro atoms. The number of ether oxygens (including phenoxy) is 1. The molecule has 1 rings (SSSR count). The van der Waals surface area contributed by atoms with Crippen molar-refractivity contribution in [2.24, 2.45) is 0 Å². The third-order valence-corrected chi connectivity index (χ3v) is 3.18. The standard InChI is InChI=1S/C11H13BrINO2/c1-3-14(2)11(15)7-16-10-5-8(12)4-9(13)6-10/h4-6H,3,7H2,1-2H3. The Hall–Kier alpha value is -0.300. The molecule has 1 aromatic rings. The highest BCUT2D eigenvalue weighted by Crippen LogP contribution is 2.22. The quantitative estimate of drug-likeness (QED) is 0.731. The zero-order chi connectivity index (χ0) is 12.1. The zero-order valence-corrected chi connectivity index (χ0v) is 12.9. The van der Waals surface area contributed by atoms with E-state index in [2.05, 4.69) is 38.5 Å². The van der Waals surface area contributed by atoms with Crippen LogP contribution in [0.5, 0.6) is 5.75 Å². The van der Waals surface area contributed by atoms with Crippen molar-refractivity contribution in [3.8, 4) is 5.75 Å². The van der Waals surface area contributed by atoms with Crippen LogP contribution in [0.15, 0.2) is 22.7 Å². The van der Waals surface area contributed by atoms with Crippen LogP contribution in [0.2, 0.25) is 0 Å². The third-order valence-electron chi connectivity index (χ3n) is 2.10. The lowest BCUT2D eigenvalue weighted by molar-refractivity contribution is -0.131. The van der Waals surface area contributed by atoms with Crippen molar-refractivity contribution in [2.45, 2.75) is 6.92 Å². The Morgan fingerprint density at radius 3 is 2.75 bits per heavy atom. The molecule has 1 aromatic carbocycles. The van der Waals surface area contributed by atoms with Crippen molar-refractivity contribution in [3.63, 3.8) is 0 Å². The molecule has 1 amide bonds. The molecule has 0 heterocycles. The lowest BCUT2D eigenvalue weighted by Crippen LogP contribution is -2.31. The van der Waals surface area contributed by atoms with Gasteiger partial charge in [0.05, 0.1) is 0 Å². The number of rotatable bonds is 4. The highest BCUT2D eigenvalue weighted by molar-refractivity contribution is 14.1. The van der Waals surface area contributed by atoms with Crippen molar-refractivity contribution >= 4 is 44.4 Å². The van der Waals surface area contributed by atoms with E-state index in [-0.39, 0.29) is 12.5 Å². The molecule has 0 saturated heterocycles. The number of likely N-dealkylation sites (N-methyl/N-ethyl adjacent to an activating group) is 1. The minimum atomic E-state index is -0.0162. The third kappa shape index (κ3) is 4.29. The van der Waals surface area contributed by atoms with Crippen LogP contribution in [0.1, 0.15) is 6.92 Å². The first-order valence-electron chi connectivity index (χ1n) is 4.85. The van der Waals surface area contributed by atoms with Crippen LogP contribution < -0.4 is 4.74 Å². The second-order valence-corrected chi connectivity index (χ2v) is 5.46. The Labute approximate surface area is 117 Å². The summed E-state index contributed by atoms with van der Waals surface area (Å²) in [5.74, 6) is 0.689.